The number of allylic oxidation sites excluding steroid dienone is 12. The maximum Gasteiger partial charge on any atom is 0.321 e. The molecule has 65 heavy (non-hydrogen) atoms. The number of nitrogens with zero attached hydrogens (tertiary/aromatic N) is 3. The zero-order chi connectivity index (χ0) is 47.1. The van der Waals surface area contributed by atoms with Crippen molar-refractivity contribution >= 4 is 34.9 Å². The standard InChI is InChI=1S/C55H72N4O6/c1-12-38-35(8)42-27-43-36(9)40(23-24-48(61)65-26-25-34(7)22-16-21-33(6)20-15-19-32(5)18-14-17-31(3)4)52(58-43)50-51(55(63)64-11)54(62)49-37(10)44(59-53(49)50)28-46-39(13-2)41(30-60)47(57-46)29-45(38)56-42/h12,25,27-33,36,40,51,58,60H,1,13-24,26H2,2-11H3/b34-25+,41-30+,43-27?,44-28?,45-29?,52-50?/t32-,33-,36-,40-,51+/m0/s1. The van der Waals surface area contributed by atoms with Crippen molar-refractivity contribution < 1.29 is 29.0 Å². The van der Waals surface area contributed by atoms with Crippen LogP contribution in [0.1, 0.15) is 139 Å². The van der Waals surface area contributed by atoms with Crippen LogP contribution in [0.25, 0.3) is 0 Å². The van der Waals surface area contributed by atoms with E-state index >= 15 is 0 Å². The first kappa shape index (κ1) is 49.1. The lowest BCUT2D eigenvalue weighted by Gasteiger charge is -2.19. The maximum atomic E-state index is 14.4. The van der Waals surface area contributed by atoms with E-state index < -0.39 is 11.9 Å². The van der Waals surface area contributed by atoms with Crippen LogP contribution in [0.3, 0.4) is 0 Å². The summed E-state index contributed by atoms with van der Waals surface area (Å²) in [6.07, 6.45) is 22.9. The van der Waals surface area contributed by atoms with E-state index in [4.69, 9.17) is 24.5 Å². The maximum absolute atomic E-state index is 14.4. The molecule has 6 aliphatic rings. The number of Topliss-reactive ketones (excluding diaryl/α,β-unsaturated/α-hetero) is 1. The molecule has 10 heteroatoms. The van der Waals surface area contributed by atoms with Crippen molar-refractivity contribution in [2.75, 3.05) is 13.7 Å². The molecule has 6 rings (SSSR count). The van der Waals surface area contributed by atoms with E-state index in [9.17, 15) is 19.5 Å². The number of rotatable bonds is 20. The molecule has 8 bridgehead atoms. The highest BCUT2D eigenvalue weighted by atomic mass is 16.5. The van der Waals surface area contributed by atoms with Crippen LogP contribution >= 0.6 is 0 Å². The van der Waals surface area contributed by atoms with Gasteiger partial charge in [0.1, 0.15) is 12.5 Å². The summed E-state index contributed by atoms with van der Waals surface area (Å²) in [5.74, 6) is -0.732. The highest BCUT2D eigenvalue weighted by Crippen LogP contribution is 2.47. The minimum atomic E-state index is -1.23. The van der Waals surface area contributed by atoms with Crippen molar-refractivity contribution in [3.8, 4) is 0 Å². The van der Waals surface area contributed by atoms with Gasteiger partial charge in [0.2, 0.25) is 0 Å². The number of hydrogen-bond acceptors (Lipinski definition) is 10. The van der Waals surface area contributed by atoms with E-state index in [-0.39, 0.29) is 36.6 Å². The number of aliphatic hydroxyl groups is 1. The van der Waals surface area contributed by atoms with Crippen LogP contribution in [-0.4, -0.2) is 53.7 Å². The van der Waals surface area contributed by atoms with Crippen molar-refractivity contribution in [1.29, 1.82) is 0 Å². The van der Waals surface area contributed by atoms with Gasteiger partial charge in [0.05, 0.1) is 47.6 Å². The van der Waals surface area contributed by atoms with Gasteiger partial charge in [-0.2, -0.15) is 0 Å². The molecule has 0 spiro atoms. The van der Waals surface area contributed by atoms with Crippen LogP contribution in [0, 0.1) is 35.5 Å². The average molecular weight is 885 g/mol. The van der Waals surface area contributed by atoms with E-state index in [1.54, 1.807) is 6.08 Å². The Morgan fingerprint density at radius 2 is 1.60 bits per heavy atom. The number of esters is 2. The van der Waals surface area contributed by atoms with Gasteiger partial charge in [0.15, 0.2) is 5.78 Å². The van der Waals surface area contributed by atoms with Crippen LogP contribution in [0.15, 0.2) is 131 Å². The van der Waals surface area contributed by atoms with Crippen LogP contribution in [0.4, 0.5) is 0 Å². The molecule has 0 aromatic rings. The first-order chi connectivity index (χ1) is 31.1. The molecule has 0 aromatic heterocycles. The number of ketones is 1. The summed E-state index contributed by atoms with van der Waals surface area (Å²) in [6.45, 7) is 23.7. The van der Waals surface area contributed by atoms with Crippen LogP contribution in [0.5, 0.6) is 0 Å². The summed E-state index contributed by atoms with van der Waals surface area (Å²) in [4.78, 5) is 56.5. The molecule has 2 fully saturated rings. The summed E-state index contributed by atoms with van der Waals surface area (Å²) in [6, 6.07) is 0. The summed E-state index contributed by atoms with van der Waals surface area (Å²) in [7, 11) is 1.29. The number of aliphatic imine (C=N–C) groups is 3. The fourth-order valence-electron chi connectivity index (χ4n) is 10.1. The number of fused-ring (bicyclic) bond motifs is 5. The minimum absolute atomic E-state index is 0.139. The van der Waals surface area contributed by atoms with Crippen LogP contribution in [-0.2, 0) is 23.9 Å². The zero-order valence-corrected chi connectivity index (χ0v) is 40.7. The molecule has 0 radical (unpaired) electrons. The molecule has 0 unspecified atom stereocenters. The Bertz CT molecular complexity index is 2350. The van der Waals surface area contributed by atoms with Crippen LogP contribution < -0.4 is 5.32 Å². The predicted octanol–water partition coefficient (Wildman–Crippen LogP) is 12.1. The van der Waals surface area contributed by atoms with Gasteiger partial charge in [-0.05, 0) is 105 Å². The molecule has 10 nitrogen and oxygen atoms in total. The highest BCUT2D eigenvalue weighted by Gasteiger charge is 2.52. The van der Waals surface area contributed by atoms with Crippen molar-refractivity contribution in [2.45, 2.75) is 139 Å². The summed E-state index contributed by atoms with van der Waals surface area (Å²) >= 11 is 0. The third kappa shape index (κ3) is 10.8. The first-order valence-electron chi connectivity index (χ1n) is 24.1. The highest BCUT2D eigenvalue weighted by molar-refractivity contribution is 6.42. The van der Waals surface area contributed by atoms with E-state index in [1.807, 2.05) is 45.1 Å². The number of methoxy groups -OCH3 is 1. The van der Waals surface area contributed by atoms with Crippen molar-refractivity contribution in [3.05, 3.63) is 116 Å². The molecule has 0 amide bonds. The first-order valence-corrected chi connectivity index (χ1v) is 24.1. The average Bonchev–Trinajstić information content (AvgIpc) is 4.02. The topological polar surface area (TPSA) is 139 Å². The number of carbonyl (C=O) groups is 3. The molecule has 1 aliphatic carbocycles. The summed E-state index contributed by atoms with van der Waals surface area (Å²) in [5.41, 5.74) is 10.9. The molecule has 348 valence electrons. The van der Waals surface area contributed by atoms with Gasteiger partial charge in [0, 0.05) is 51.9 Å². The Kier molecular flexibility index (Phi) is 16.4. The molecular weight excluding hydrogens is 813 g/mol. The molecule has 5 heterocycles. The van der Waals surface area contributed by atoms with Gasteiger partial charge in [-0.1, -0.05) is 105 Å². The number of aliphatic hydroxyl groups excluding tert-OH is 1. The fraction of sp³-hybridized carbons (Fsp3) is 0.527. The monoisotopic (exact) mass is 885 g/mol. The lowest BCUT2D eigenvalue weighted by Crippen LogP contribution is -2.26. The number of carbonyl (C=O) groups excluding carboxylic acids is 3. The third-order valence-electron chi connectivity index (χ3n) is 14.2. The quantitative estimate of drug-likeness (QED) is 0.0537. The normalized spacial score (nSPS) is 23.2. The second-order valence-corrected chi connectivity index (χ2v) is 19.4. The molecule has 5 aliphatic heterocycles. The Morgan fingerprint density at radius 3 is 2.25 bits per heavy atom. The molecule has 2 N–H and O–H groups in total. The Hall–Kier alpha value is -5.38. The zero-order valence-electron chi connectivity index (χ0n) is 40.7. The predicted molar refractivity (Wildman–Crippen MR) is 262 cm³/mol. The Balaban J connectivity index is 1.21. The number of ether oxygens (including phenoxy) is 2. The molecule has 1 saturated heterocycles. The number of nitrogens with one attached hydrogen (secondary N) is 1. The van der Waals surface area contributed by atoms with Crippen LogP contribution in [0.2, 0.25) is 0 Å². The van der Waals surface area contributed by atoms with Gasteiger partial charge in [-0.15, -0.1) is 0 Å². The van der Waals surface area contributed by atoms with E-state index in [0.29, 0.717) is 81.0 Å². The molecule has 0 aromatic carbocycles. The summed E-state index contributed by atoms with van der Waals surface area (Å²) in [5, 5.41) is 14.1. The Labute approximate surface area is 387 Å². The van der Waals surface area contributed by atoms with Gasteiger partial charge < -0.3 is 19.9 Å². The second kappa shape index (κ2) is 21.7. The van der Waals surface area contributed by atoms with Gasteiger partial charge in [-0.3, -0.25) is 14.4 Å². The Morgan fingerprint density at radius 1 is 0.908 bits per heavy atom. The second-order valence-electron chi connectivity index (χ2n) is 19.4. The molecule has 5 atom stereocenters. The lowest BCUT2D eigenvalue weighted by atomic mass is 9.85. The minimum Gasteiger partial charge on any atom is -0.515 e. The SMILES string of the molecule is C=CC1=C(C)C2=NC1=CC1=NC(=C(CC)/C1=C\O)C=C1N=C3C(=C1C)C(=O)[C@H](C(=O)OC)C3=C1NC(=C2)[C@@H](C)[C@@H]1CCC(=O)OC/C=C(\C)CCC[C@@H](C)CCC[C@@H](C)CCCC(C)C. The smallest absolute Gasteiger partial charge is 0.321 e. The van der Waals surface area contributed by atoms with Gasteiger partial charge >= 0.3 is 11.9 Å². The summed E-state index contributed by atoms with van der Waals surface area (Å²) < 4.78 is 11.0. The van der Waals surface area contributed by atoms with Crippen molar-refractivity contribution in [2.24, 2.45) is 50.5 Å². The van der Waals surface area contributed by atoms with Crippen molar-refractivity contribution in [1.82, 2.24) is 5.32 Å². The van der Waals surface area contributed by atoms with E-state index in [2.05, 4.69) is 53.4 Å². The molecule has 1 saturated carbocycles. The van der Waals surface area contributed by atoms with Gasteiger partial charge in [0.25, 0.3) is 0 Å². The van der Waals surface area contributed by atoms with Crippen molar-refractivity contribution in [3.63, 3.8) is 0 Å². The fourth-order valence-corrected chi connectivity index (χ4v) is 10.1. The van der Waals surface area contributed by atoms with Gasteiger partial charge in [-0.25, -0.2) is 15.0 Å². The lowest BCUT2D eigenvalue weighted by molar-refractivity contribution is -0.146. The van der Waals surface area contributed by atoms with E-state index in [1.165, 1.54) is 57.6 Å². The largest absolute Gasteiger partial charge is 0.515 e. The van der Waals surface area contributed by atoms with E-state index in [0.717, 1.165) is 53.4 Å². The number of hydrogen-bond donors (Lipinski definition) is 2. The third-order valence-corrected chi connectivity index (χ3v) is 14.2. The molecular formula is C55H72N4O6.